The van der Waals surface area contributed by atoms with E-state index in [2.05, 4.69) is 69.7 Å². The van der Waals surface area contributed by atoms with Crippen LogP contribution in [-0.4, -0.2) is 74.7 Å². The molecule has 0 amide bonds. The zero-order chi connectivity index (χ0) is 19.8. The van der Waals surface area contributed by atoms with Crippen LogP contribution in [0.1, 0.15) is 50.5 Å². The Hall–Kier alpha value is -0.860. The quantitative estimate of drug-likeness (QED) is 0.347. The van der Waals surface area contributed by atoms with E-state index in [9.17, 15) is 0 Å². The van der Waals surface area contributed by atoms with Crippen molar-refractivity contribution >= 4 is 29.9 Å². The van der Waals surface area contributed by atoms with E-state index in [1.54, 1.807) is 0 Å². The lowest BCUT2D eigenvalue weighted by Crippen LogP contribution is -2.62. The molecular weight excluding hydrogens is 473 g/mol. The molecule has 6 heteroatoms. The van der Waals surface area contributed by atoms with Gasteiger partial charge in [-0.2, -0.15) is 0 Å². The third-order valence-corrected chi connectivity index (χ3v) is 6.70. The van der Waals surface area contributed by atoms with Gasteiger partial charge in [-0.1, -0.05) is 43.7 Å². The molecule has 2 fully saturated rings. The number of benzene rings is 1. The first-order valence-electron chi connectivity index (χ1n) is 11.1. The summed E-state index contributed by atoms with van der Waals surface area (Å²) in [7, 11) is 4.13. The van der Waals surface area contributed by atoms with Crippen LogP contribution in [-0.2, 0) is 0 Å². The number of piperidine rings is 2. The van der Waals surface area contributed by atoms with Crippen molar-refractivity contribution in [3.8, 4) is 0 Å². The molecule has 0 bridgehead atoms. The zero-order valence-corrected chi connectivity index (χ0v) is 20.8. The molecule has 0 aromatic heterocycles. The van der Waals surface area contributed by atoms with E-state index < -0.39 is 0 Å². The van der Waals surface area contributed by atoms with E-state index in [4.69, 9.17) is 0 Å². The van der Waals surface area contributed by atoms with Crippen molar-refractivity contribution in [3.63, 3.8) is 0 Å². The van der Waals surface area contributed by atoms with Gasteiger partial charge in [0.1, 0.15) is 0 Å². The predicted octanol–water partition coefficient (Wildman–Crippen LogP) is 3.52. The van der Waals surface area contributed by atoms with Crippen molar-refractivity contribution in [1.82, 2.24) is 20.4 Å². The summed E-state index contributed by atoms with van der Waals surface area (Å²) in [5, 5.41) is 7.22. The summed E-state index contributed by atoms with van der Waals surface area (Å²) in [5.74, 6) is 1.39. The number of guanidine groups is 1. The van der Waals surface area contributed by atoms with Crippen molar-refractivity contribution in [2.75, 3.05) is 53.4 Å². The SMILES string of the molecule is CN=C(NCC(C)c1ccccc1)NCC1(N2CCCCC2)CCN(C)CC1.I. The molecule has 2 aliphatic heterocycles. The average Bonchev–Trinajstić information content (AvgIpc) is 2.76. The number of aliphatic imine (C=N–C) groups is 1. The normalized spacial score (nSPS) is 21.8. The highest BCUT2D eigenvalue weighted by Gasteiger charge is 2.39. The molecule has 0 saturated carbocycles. The number of nitrogens with one attached hydrogen (secondary N) is 2. The minimum atomic E-state index is 0. The molecule has 2 N–H and O–H groups in total. The number of likely N-dealkylation sites (tertiary alicyclic amines) is 2. The number of halogens is 1. The fourth-order valence-corrected chi connectivity index (χ4v) is 4.63. The third kappa shape index (κ3) is 6.82. The molecule has 1 aromatic rings. The van der Waals surface area contributed by atoms with Crippen molar-refractivity contribution in [2.24, 2.45) is 4.99 Å². The Bertz CT molecular complexity index is 607. The van der Waals surface area contributed by atoms with Crippen LogP contribution in [0.25, 0.3) is 0 Å². The van der Waals surface area contributed by atoms with Crippen LogP contribution >= 0.6 is 24.0 Å². The molecule has 1 unspecified atom stereocenters. The molecule has 1 atom stereocenters. The topological polar surface area (TPSA) is 42.9 Å². The van der Waals surface area contributed by atoms with E-state index in [0.717, 1.165) is 19.0 Å². The lowest BCUT2D eigenvalue weighted by atomic mass is 9.84. The molecule has 3 rings (SSSR count). The first-order chi connectivity index (χ1) is 13.6. The van der Waals surface area contributed by atoms with Gasteiger partial charge in [-0.3, -0.25) is 9.89 Å². The minimum absolute atomic E-state index is 0. The Labute approximate surface area is 194 Å². The molecule has 2 saturated heterocycles. The molecule has 29 heavy (non-hydrogen) atoms. The molecule has 0 radical (unpaired) electrons. The van der Waals surface area contributed by atoms with Gasteiger partial charge in [0, 0.05) is 25.7 Å². The average molecular weight is 514 g/mol. The second-order valence-electron chi connectivity index (χ2n) is 8.69. The van der Waals surface area contributed by atoms with Crippen LogP contribution in [0.4, 0.5) is 0 Å². The maximum absolute atomic E-state index is 4.49. The standard InChI is InChI=1S/C23H39N5.HI/c1-20(21-10-6-4-7-11-21)18-25-22(24-2)26-19-23(12-16-27(3)17-13-23)28-14-8-5-9-15-28;/h4,6-7,10-11,20H,5,8-9,12-19H2,1-3H3,(H2,24,25,26);1H. The van der Waals surface area contributed by atoms with E-state index in [1.807, 2.05) is 7.05 Å². The Kier molecular flexibility index (Phi) is 10.2. The fraction of sp³-hybridized carbons (Fsp3) is 0.696. The molecule has 0 aliphatic carbocycles. The molecule has 2 aliphatic rings. The second kappa shape index (κ2) is 12.1. The summed E-state index contributed by atoms with van der Waals surface area (Å²) < 4.78 is 0. The van der Waals surface area contributed by atoms with Gasteiger partial charge >= 0.3 is 0 Å². The summed E-state index contributed by atoms with van der Waals surface area (Å²) in [6, 6.07) is 10.7. The zero-order valence-electron chi connectivity index (χ0n) is 18.5. The maximum Gasteiger partial charge on any atom is 0.191 e. The molecule has 5 nitrogen and oxygen atoms in total. The Morgan fingerprint density at radius 3 is 2.31 bits per heavy atom. The number of hydrogen-bond acceptors (Lipinski definition) is 3. The Morgan fingerprint density at radius 2 is 1.69 bits per heavy atom. The fourth-order valence-electron chi connectivity index (χ4n) is 4.63. The Morgan fingerprint density at radius 1 is 1.03 bits per heavy atom. The van der Waals surface area contributed by atoms with Crippen molar-refractivity contribution in [3.05, 3.63) is 35.9 Å². The van der Waals surface area contributed by atoms with E-state index in [0.29, 0.717) is 5.92 Å². The van der Waals surface area contributed by atoms with Crippen LogP contribution in [0.3, 0.4) is 0 Å². The van der Waals surface area contributed by atoms with Gasteiger partial charge in [0.25, 0.3) is 0 Å². The third-order valence-electron chi connectivity index (χ3n) is 6.70. The van der Waals surface area contributed by atoms with Crippen molar-refractivity contribution in [2.45, 2.75) is 50.5 Å². The summed E-state index contributed by atoms with van der Waals surface area (Å²) in [6.45, 7) is 9.03. The monoisotopic (exact) mass is 513 g/mol. The molecule has 1 aromatic carbocycles. The Balaban J connectivity index is 0.00000300. The van der Waals surface area contributed by atoms with Crippen molar-refractivity contribution in [1.29, 1.82) is 0 Å². The number of hydrogen-bond donors (Lipinski definition) is 2. The van der Waals surface area contributed by atoms with E-state index in [1.165, 1.54) is 63.8 Å². The molecule has 2 heterocycles. The van der Waals surface area contributed by atoms with E-state index in [-0.39, 0.29) is 29.5 Å². The molecule has 0 spiro atoms. The van der Waals surface area contributed by atoms with Crippen LogP contribution in [0.15, 0.2) is 35.3 Å². The van der Waals surface area contributed by atoms with Gasteiger partial charge in [0.05, 0.1) is 0 Å². The highest BCUT2D eigenvalue weighted by molar-refractivity contribution is 14.0. The smallest absolute Gasteiger partial charge is 0.191 e. The first-order valence-corrected chi connectivity index (χ1v) is 11.1. The maximum atomic E-state index is 4.49. The van der Waals surface area contributed by atoms with Crippen LogP contribution in [0.2, 0.25) is 0 Å². The summed E-state index contributed by atoms with van der Waals surface area (Å²) in [5.41, 5.74) is 1.64. The summed E-state index contributed by atoms with van der Waals surface area (Å²) in [4.78, 5) is 9.74. The van der Waals surface area contributed by atoms with E-state index >= 15 is 0 Å². The summed E-state index contributed by atoms with van der Waals surface area (Å²) in [6.07, 6.45) is 6.57. The van der Waals surface area contributed by atoms with Crippen LogP contribution in [0.5, 0.6) is 0 Å². The predicted molar refractivity (Wildman–Crippen MR) is 135 cm³/mol. The highest BCUT2D eigenvalue weighted by atomic mass is 127. The van der Waals surface area contributed by atoms with Gasteiger partial charge in [-0.05, 0) is 70.4 Å². The molecule has 164 valence electrons. The van der Waals surface area contributed by atoms with Crippen LogP contribution in [0, 0.1) is 0 Å². The van der Waals surface area contributed by atoms with Crippen LogP contribution < -0.4 is 10.6 Å². The van der Waals surface area contributed by atoms with Gasteiger partial charge in [-0.25, -0.2) is 0 Å². The van der Waals surface area contributed by atoms with Gasteiger partial charge in [0.15, 0.2) is 5.96 Å². The number of rotatable bonds is 6. The van der Waals surface area contributed by atoms with Crippen molar-refractivity contribution < 1.29 is 0 Å². The lowest BCUT2D eigenvalue weighted by molar-refractivity contribution is 0.0173. The lowest BCUT2D eigenvalue weighted by Gasteiger charge is -2.50. The number of nitrogens with zero attached hydrogens (tertiary/aromatic N) is 3. The largest absolute Gasteiger partial charge is 0.356 e. The highest BCUT2D eigenvalue weighted by Crippen LogP contribution is 2.30. The first kappa shape index (κ1) is 24.4. The minimum Gasteiger partial charge on any atom is -0.356 e. The van der Waals surface area contributed by atoms with Gasteiger partial charge in [0.2, 0.25) is 0 Å². The molecular formula is C23H40IN5. The second-order valence-corrected chi connectivity index (χ2v) is 8.69. The van der Waals surface area contributed by atoms with Gasteiger partial charge in [-0.15, -0.1) is 24.0 Å². The van der Waals surface area contributed by atoms with Gasteiger partial charge < -0.3 is 15.5 Å². The summed E-state index contributed by atoms with van der Waals surface area (Å²) >= 11 is 0.